The number of alkyl halides is 3. The Kier molecular flexibility index (Phi) is 7.07. The number of aromatic nitrogens is 3. The highest BCUT2D eigenvalue weighted by Crippen LogP contribution is 2.50. The second-order valence-corrected chi connectivity index (χ2v) is 9.52. The summed E-state index contributed by atoms with van der Waals surface area (Å²) in [6.45, 7) is 1.54. The second kappa shape index (κ2) is 9.92. The first kappa shape index (κ1) is 25.7. The fraction of sp³-hybridized carbons (Fsp3) is 0.292. The van der Waals surface area contributed by atoms with Gasteiger partial charge in [0.25, 0.3) is 0 Å². The van der Waals surface area contributed by atoms with E-state index in [1.165, 1.54) is 44.0 Å². The first-order chi connectivity index (χ1) is 17.0. The lowest BCUT2D eigenvalue weighted by Crippen LogP contribution is -2.36. The van der Waals surface area contributed by atoms with Crippen LogP contribution in [-0.4, -0.2) is 26.6 Å². The molecule has 1 saturated carbocycles. The average molecular weight is 566 g/mol. The second-order valence-electron chi connectivity index (χ2n) is 8.61. The van der Waals surface area contributed by atoms with E-state index >= 15 is 0 Å². The molecule has 1 aromatic carbocycles. The molecule has 1 fully saturated rings. The smallest absolute Gasteiger partial charge is 0.354 e. The number of nitrogens with zero attached hydrogens (tertiary/aromatic N) is 3. The van der Waals surface area contributed by atoms with Crippen molar-refractivity contribution >= 4 is 39.0 Å². The van der Waals surface area contributed by atoms with Crippen LogP contribution in [0.5, 0.6) is 0 Å². The topological polar surface area (TPSA) is 96.9 Å². The maximum Gasteiger partial charge on any atom is 0.418 e. The number of carbonyl (C=O) groups is 2. The highest BCUT2D eigenvalue weighted by atomic mass is 79.9. The zero-order chi connectivity index (χ0) is 26.1. The van der Waals surface area contributed by atoms with Gasteiger partial charge in [0.15, 0.2) is 5.78 Å². The molecule has 0 bridgehead atoms. The highest BCUT2D eigenvalue weighted by molar-refractivity contribution is 9.10. The van der Waals surface area contributed by atoms with Gasteiger partial charge >= 0.3 is 6.18 Å². The maximum atomic E-state index is 14.8. The molecule has 1 atom stereocenters. The molecule has 1 amide bonds. The zero-order valence-electron chi connectivity index (χ0n) is 18.9. The molecule has 36 heavy (non-hydrogen) atoms. The van der Waals surface area contributed by atoms with Gasteiger partial charge in [0.2, 0.25) is 5.91 Å². The number of amides is 1. The van der Waals surface area contributed by atoms with E-state index < -0.39 is 34.9 Å². The number of hydrogen-bond acceptors (Lipinski definition) is 6. The fourth-order valence-electron chi connectivity index (χ4n) is 3.76. The number of carbonyl (C=O) groups excluding carboxylic acids is 2. The number of anilines is 2. The number of nitrogens with one attached hydrogen (secondary N) is 2. The molecule has 2 heterocycles. The van der Waals surface area contributed by atoms with Crippen LogP contribution in [0.3, 0.4) is 0 Å². The molecule has 188 valence electrons. The molecule has 12 heteroatoms. The minimum Gasteiger partial charge on any atom is -0.354 e. The van der Waals surface area contributed by atoms with Gasteiger partial charge < -0.3 is 10.6 Å². The van der Waals surface area contributed by atoms with Gasteiger partial charge in [-0.05, 0) is 38.0 Å². The van der Waals surface area contributed by atoms with E-state index in [4.69, 9.17) is 0 Å². The van der Waals surface area contributed by atoms with Crippen LogP contribution >= 0.6 is 15.9 Å². The van der Waals surface area contributed by atoms with Crippen LogP contribution in [0.1, 0.15) is 53.8 Å². The van der Waals surface area contributed by atoms with Crippen molar-refractivity contribution < 1.29 is 27.2 Å². The molecule has 0 spiro atoms. The molecule has 1 aliphatic carbocycles. The molecule has 7 nitrogen and oxygen atoms in total. The molecule has 0 radical (unpaired) electrons. The lowest BCUT2D eigenvalue weighted by molar-refractivity contribution is -0.137. The molecule has 1 aliphatic rings. The normalized spacial score (nSPS) is 15.2. The van der Waals surface area contributed by atoms with E-state index in [9.17, 15) is 27.2 Å². The third-order valence-electron chi connectivity index (χ3n) is 5.91. The Morgan fingerprint density at radius 3 is 2.44 bits per heavy atom. The summed E-state index contributed by atoms with van der Waals surface area (Å²) in [5, 5.41) is 5.25. The Bertz CT molecular complexity index is 1300. The number of ketones is 1. The van der Waals surface area contributed by atoms with Crippen LogP contribution in [0.25, 0.3) is 0 Å². The largest absolute Gasteiger partial charge is 0.418 e. The summed E-state index contributed by atoms with van der Waals surface area (Å²) in [5.41, 5.74) is -1.83. The molecule has 3 aromatic rings. The van der Waals surface area contributed by atoms with Gasteiger partial charge in [-0.2, -0.15) is 13.2 Å². The van der Waals surface area contributed by atoms with E-state index in [2.05, 4.69) is 41.5 Å². The Morgan fingerprint density at radius 2 is 1.83 bits per heavy atom. The molecule has 2 N–H and O–H groups in total. The lowest BCUT2D eigenvalue weighted by Gasteiger charge is -2.20. The van der Waals surface area contributed by atoms with E-state index in [-0.39, 0.29) is 33.7 Å². The molecule has 2 aromatic heterocycles. The van der Waals surface area contributed by atoms with Gasteiger partial charge in [-0.3, -0.25) is 14.6 Å². The van der Waals surface area contributed by atoms with Crippen LogP contribution in [0, 0.1) is 11.2 Å². The predicted octanol–water partition coefficient (Wildman–Crippen LogP) is 5.77. The summed E-state index contributed by atoms with van der Waals surface area (Å²) < 4.78 is 55.2. The highest BCUT2D eigenvalue weighted by Gasteiger charge is 2.51. The summed E-state index contributed by atoms with van der Waals surface area (Å²) in [6.07, 6.45) is 1.64. The standard InChI is InChI=1S/C24H20BrF4N5O2/c1-13(33-22(36)23(4-5-23)8-20(35)14-9-30-12-31-10-14)21-18(26)7-16(11-32-21)34-19-3-2-15(25)6-17(19)24(27,28)29/h2-3,6-7,9-13,34H,4-5,8H2,1H3,(H,33,36)/t13-/m1/s1. The Balaban J connectivity index is 1.44. The quantitative estimate of drug-likeness (QED) is 0.266. The van der Waals surface area contributed by atoms with Gasteiger partial charge in [-0.1, -0.05) is 15.9 Å². The molecular formula is C24H20BrF4N5O2. The number of hydrogen-bond donors (Lipinski definition) is 2. The van der Waals surface area contributed by atoms with Crippen molar-refractivity contribution in [3.63, 3.8) is 0 Å². The third kappa shape index (κ3) is 5.69. The molecule has 0 unspecified atom stereocenters. The number of rotatable bonds is 8. The minimum atomic E-state index is -4.62. The van der Waals surface area contributed by atoms with Gasteiger partial charge in [0.1, 0.15) is 12.1 Å². The van der Waals surface area contributed by atoms with Gasteiger partial charge in [-0.25, -0.2) is 14.4 Å². The third-order valence-corrected chi connectivity index (χ3v) is 6.40. The molecular weight excluding hydrogens is 546 g/mol. The lowest BCUT2D eigenvalue weighted by atomic mass is 9.95. The van der Waals surface area contributed by atoms with E-state index in [1.54, 1.807) is 0 Å². The van der Waals surface area contributed by atoms with Crippen LogP contribution in [0.15, 0.2) is 53.7 Å². The first-order valence-electron chi connectivity index (χ1n) is 10.9. The van der Waals surface area contributed by atoms with Crippen molar-refractivity contribution in [2.75, 3.05) is 5.32 Å². The van der Waals surface area contributed by atoms with Gasteiger partial charge in [-0.15, -0.1) is 0 Å². The average Bonchev–Trinajstić information content (AvgIpc) is 3.61. The number of halogens is 5. The first-order valence-corrected chi connectivity index (χ1v) is 11.7. The van der Waals surface area contributed by atoms with Crippen LogP contribution in [0.2, 0.25) is 0 Å². The SMILES string of the molecule is C[C@@H](NC(=O)C1(CC(=O)c2cncnc2)CC1)c1ncc(Nc2ccc(Br)cc2C(F)(F)F)cc1F. The summed E-state index contributed by atoms with van der Waals surface area (Å²) in [5.74, 6) is -1.46. The zero-order valence-corrected chi connectivity index (χ0v) is 20.5. The van der Waals surface area contributed by atoms with E-state index in [0.717, 1.165) is 12.1 Å². The van der Waals surface area contributed by atoms with Gasteiger partial charge in [0.05, 0.1) is 45.8 Å². The number of benzene rings is 1. The summed E-state index contributed by atoms with van der Waals surface area (Å²) in [6, 6.07) is 3.74. The minimum absolute atomic E-state index is 0.0111. The van der Waals surface area contributed by atoms with Crippen LogP contribution in [0.4, 0.5) is 28.9 Å². The Labute approximate surface area is 211 Å². The molecule has 4 rings (SSSR count). The van der Waals surface area contributed by atoms with Crippen LogP contribution in [-0.2, 0) is 11.0 Å². The van der Waals surface area contributed by atoms with Crippen molar-refractivity contribution in [3.05, 3.63) is 76.3 Å². The molecule has 0 saturated heterocycles. The van der Waals surface area contributed by atoms with Crippen molar-refractivity contribution in [2.24, 2.45) is 5.41 Å². The van der Waals surface area contributed by atoms with E-state index in [0.29, 0.717) is 18.4 Å². The number of pyridine rings is 1. The predicted molar refractivity (Wildman–Crippen MR) is 126 cm³/mol. The Morgan fingerprint density at radius 1 is 1.14 bits per heavy atom. The number of Topliss-reactive ketones (excluding diaryl/α,β-unsaturated/α-hetero) is 1. The Hall–Kier alpha value is -3.41. The maximum absolute atomic E-state index is 14.8. The molecule has 0 aliphatic heterocycles. The van der Waals surface area contributed by atoms with E-state index in [1.807, 2.05) is 0 Å². The summed E-state index contributed by atoms with van der Waals surface area (Å²) in [4.78, 5) is 37.0. The monoisotopic (exact) mass is 565 g/mol. The van der Waals surface area contributed by atoms with Crippen molar-refractivity contribution in [3.8, 4) is 0 Å². The van der Waals surface area contributed by atoms with Crippen molar-refractivity contribution in [1.82, 2.24) is 20.3 Å². The van der Waals surface area contributed by atoms with Crippen molar-refractivity contribution in [1.29, 1.82) is 0 Å². The fourth-order valence-corrected chi connectivity index (χ4v) is 4.12. The van der Waals surface area contributed by atoms with Gasteiger partial charge in [0, 0.05) is 29.4 Å². The van der Waals surface area contributed by atoms with Crippen LogP contribution < -0.4 is 10.6 Å². The summed E-state index contributed by atoms with van der Waals surface area (Å²) >= 11 is 3.02. The summed E-state index contributed by atoms with van der Waals surface area (Å²) in [7, 11) is 0. The van der Waals surface area contributed by atoms with Crippen molar-refractivity contribution in [2.45, 2.75) is 38.4 Å².